The molecule has 0 N–H and O–H groups in total. The lowest BCUT2D eigenvalue weighted by molar-refractivity contribution is 0.507. The molecule has 4 heteroatoms. The Labute approximate surface area is 103 Å². The molecule has 1 atom stereocenters. The highest BCUT2D eigenvalue weighted by molar-refractivity contribution is 6.20. The van der Waals surface area contributed by atoms with Crippen LogP contribution in [-0.4, -0.2) is 4.98 Å². The van der Waals surface area contributed by atoms with E-state index in [1.807, 2.05) is 6.07 Å². The molecule has 2 rings (SSSR count). The van der Waals surface area contributed by atoms with Crippen LogP contribution >= 0.6 is 11.6 Å². The minimum absolute atomic E-state index is 0.298. The maximum Gasteiger partial charge on any atom is 0.159 e. The average Bonchev–Trinajstić information content (AvgIpc) is 2.35. The maximum absolute atomic E-state index is 13.0. The SMILES string of the molecule is Fc1ccc(CC(Cl)c2cccnc2)cc1F. The molecule has 0 bridgehead atoms. The second-order valence-corrected chi connectivity index (χ2v) is 4.23. The largest absolute Gasteiger partial charge is 0.264 e. The van der Waals surface area contributed by atoms with Crippen molar-refractivity contribution < 1.29 is 8.78 Å². The number of benzene rings is 1. The van der Waals surface area contributed by atoms with Crippen molar-refractivity contribution >= 4 is 11.6 Å². The number of aromatic nitrogens is 1. The number of alkyl halides is 1. The number of hydrogen-bond acceptors (Lipinski definition) is 1. The van der Waals surface area contributed by atoms with Crippen LogP contribution < -0.4 is 0 Å². The van der Waals surface area contributed by atoms with Crippen molar-refractivity contribution in [3.8, 4) is 0 Å². The van der Waals surface area contributed by atoms with Crippen molar-refractivity contribution in [1.82, 2.24) is 4.98 Å². The van der Waals surface area contributed by atoms with Crippen LogP contribution in [0, 0.1) is 11.6 Å². The van der Waals surface area contributed by atoms with Crippen molar-refractivity contribution in [2.24, 2.45) is 0 Å². The molecule has 0 fully saturated rings. The molecule has 0 aliphatic heterocycles. The number of rotatable bonds is 3. The number of hydrogen-bond donors (Lipinski definition) is 0. The van der Waals surface area contributed by atoms with Gasteiger partial charge in [0.25, 0.3) is 0 Å². The summed E-state index contributed by atoms with van der Waals surface area (Å²) in [6, 6.07) is 7.45. The van der Waals surface area contributed by atoms with E-state index in [2.05, 4.69) is 4.98 Å². The minimum atomic E-state index is -0.849. The zero-order chi connectivity index (χ0) is 12.3. The Morgan fingerprint density at radius 3 is 2.65 bits per heavy atom. The zero-order valence-electron chi connectivity index (χ0n) is 8.91. The van der Waals surface area contributed by atoms with Gasteiger partial charge < -0.3 is 0 Å². The molecular formula is C13H10ClF2N. The first kappa shape index (κ1) is 12.0. The van der Waals surface area contributed by atoms with Crippen LogP contribution in [0.25, 0.3) is 0 Å². The molecule has 0 saturated heterocycles. The molecule has 2 aromatic rings. The van der Waals surface area contributed by atoms with Gasteiger partial charge in [-0.1, -0.05) is 12.1 Å². The third kappa shape index (κ3) is 3.01. The predicted molar refractivity (Wildman–Crippen MR) is 62.9 cm³/mol. The van der Waals surface area contributed by atoms with Gasteiger partial charge in [-0.05, 0) is 35.7 Å². The van der Waals surface area contributed by atoms with E-state index in [1.54, 1.807) is 18.5 Å². The van der Waals surface area contributed by atoms with Gasteiger partial charge in [-0.3, -0.25) is 4.98 Å². The second-order valence-electron chi connectivity index (χ2n) is 3.71. The topological polar surface area (TPSA) is 12.9 Å². The monoisotopic (exact) mass is 253 g/mol. The van der Waals surface area contributed by atoms with E-state index in [1.165, 1.54) is 12.1 Å². The van der Waals surface area contributed by atoms with Crippen LogP contribution in [0.5, 0.6) is 0 Å². The summed E-state index contributed by atoms with van der Waals surface area (Å²) in [6.07, 6.45) is 3.76. The molecule has 0 aliphatic carbocycles. The molecule has 0 amide bonds. The Hall–Kier alpha value is -1.48. The van der Waals surface area contributed by atoms with Crippen LogP contribution in [-0.2, 0) is 6.42 Å². The van der Waals surface area contributed by atoms with Crippen LogP contribution in [0.2, 0.25) is 0 Å². The summed E-state index contributed by atoms with van der Waals surface area (Å²) in [5.41, 5.74) is 1.52. The van der Waals surface area contributed by atoms with Crippen LogP contribution in [0.4, 0.5) is 8.78 Å². The Bertz CT molecular complexity index is 502. The van der Waals surface area contributed by atoms with Crippen LogP contribution in [0.15, 0.2) is 42.7 Å². The van der Waals surface area contributed by atoms with E-state index in [0.717, 1.165) is 11.6 Å². The molecule has 0 aliphatic rings. The highest BCUT2D eigenvalue weighted by Gasteiger charge is 2.10. The molecule has 88 valence electrons. The lowest BCUT2D eigenvalue weighted by atomic mass is 10.1. The van der Waals surface area contributed by atoms with Gasteiger partial charge in [-0.15, -0.1) is 11.6 Å². The van der Waals surface area contributed by atoms with Crippen molar-refractivity contribution in [2.45, 2.75) is 11.8 Å². The molecule has 17 heavy (non-hydrogen) atoms. The third-order valence-electron chi connectivity index (χ3n) is 2.45. The first-order valence-electron chi connectivity index (χ1n) is 5.15. The molecule has 0 radical (unpaired) electrons. The van der Waals surface area contributed by atoms with Crippen LogP contribution in [0.3, 0.4) is 0 Å². The van der Waals surface area contributed by atoms with E-state index < -0.39 is 11.6 Å². The van der Waals surface area contributed by atoms with Gasteiger partial charge in [0.1, 0.15) is 0 Å². The Morgan fingerprint density at radius 1 is 1.18 bits per heavy atom. The minimum Gasteiger partial charge on any atom is -0.264 e. The Morgan fingerprint density at radius 2 is 2.00 bits per heavy atom. The Balaban J connectivity index is 2.13. The number of halogens is 3. The molecule has 1 unspecified atom stereocenters. The highest BCUT2D eigenvalue weighted by Crippen LogP contribution is 2.24. The fourth-order valence-electron chi connectivity index (χ4n) is 1.55. The van der Waals surface area contributed by atoms with E-state index >= 15 is 0 Å². The zero-order valence-corrected chi connectivity index (χ0v) is 9.66. The first-order valence-corrected chi connectivity index (χ1v) is 5.58. The quantitative estimate of drug-likeness (QED) is 0.757. The van der Waals surface area contributed by atoms with E-state index in [-0.39, 0.29) is 5.38 Å². The number of nitrogens with zero attached hydrogens (tertiary/aromatic N) is 1. The summed E-state index contributed by atoms with van der Waals surface area (Å²) in [4.78, 5) is 3.96. The maximum atomic E-state index is 13.0. The van der Waals surface area contributed by atoms with Crippen molar-refractivity contribution in [3.63, 3.8) is 0 Å². The van der Waals surface area contributed by atoms with Gasteiger partial charge in [-0.2, -0.15) is 0 Å². The lowest BCUT2D eigenvalue weighted by Crippen LogP contribution is -1.97. The van der Waals surface area contributed by atoms with E-state index in [4.69, 9.17) is 11.6 Å². The average molecular weight is 254 g/mol. The summed E-state index contributed by atoms with van der Waals surface area (Å²) in [5, 5.41) is -0.298. The fourth-order valence-corrected chi connectivity index (χ4v) is 1.86. The normalized spacial score (nSPS) is 12.4. The summed E-state index contributed by atoms with van der Waals surface area (Å²) < 4.78 is 25.7. The standard InChI is InChI=1S/C13H10ClF2N/c14-11(10-2-1-5-17-8-10)6-9-3-4-12(15)13(16)7-9/h1-5,7-8,11H,6H2. The van der Waals surface area contributed by atoms with Gasteiger partial charge in [-0.25, -0.2) is 8.78 Å². The smallest absolute Gasteiger partial charge is 0.159 e. The molecule has 1 aromatic carbocycles. The van der Waals surface area contributed by atoms with Gasteiger partial charge >= 0.3 is 0 Å². The van der Waals surface area contributed by atoms with E-state index in [0.29, 0.717) is 12.0 Å². The van der Waals surface area contributed by atoms with Gasteiger partial charge in [0.05, 0.1) is 5.38 Å². The second kappa shape index (κ2) is 5.23. The van der Waals surface area contributed by atoms with Crippen molar-refractivity contribution in [3.05, 3.63) is 65.5 Å². The summed E-state index contributed by atoms with van der Waals surface area (Å²) in [6.45, 7) is 0. The van der Waals surface area contributed by atoms with Gasteiger partial charge in [0.15, 0.2) is 11.6 Å². The molecule has 1 nitrogen and oxygen atoms in total. The molecule has 0 saturated carbocycles. The predicted octanol–water partition coefficient (Wildman–Crippen LogP) is 3.88. The molecular weight excluding hydrogens is 244 g/mol. The van der Waals surface area contributed by atoms with Crippen molar-refractivity contribution in [1.29, 1.82) is 0 Å². The molecule has 1 aromatic heterocycles. The third-order valence-corrected chi connectivity index (χ3v) is 2.85. The Kier molecular flexibility index (Phi) is 3.69. The van der Waals surface area contributed by atoms with Gasteiger partial charge in [0, 0.05) is 12.4 Å². The molecule has 1 heterocycles. The number of pyridine rings is 1. The van der Waals surface area contributed by atoms with Crippen LogP contribution in [0.1, 0.15) is 16.5 Å². The lowest BCUT2D eigenvalue weighted by Gasteiger charge is -2.09. The summed E-state index contributed by atoms with van der Waals surface area (Å²) in [7, 11) is 0. The first-order chi connectivity index (χ1) is 8.16. The summed E-state index contributed by atoms with van der Waals surface area (Å²) in [5.74, 6) is -1.70. The van der Waals surface area contributed by atoms with Crippen molar-refractivity contribution in [2.75, 3.05) is 0 Å². The summed E-state index contributed by atoms with van der Waals surface area (Å²) >= 11 is 6.18. The highest BCUT2D eigenvalue weighted by atomic mass is 35.5. The molecule has 0 spiro atoms. The fraction of sp³-hybridized carbons (Fsp3) is 0.154. The van der Waals surface area contributed by atoms with Gasteiger partial charge in [0.2, 0.25) is 0 Å². The van der Waals surface area contributed by atoms with E-state index in [9.17, 15) is 8.78 Å².